The van der Waals surface area contributed by atoms with Crippen molar-refractivity contribution in [1.29, 1.82) is 0 Å². The van der Waals surface area contributed by atoms with E-state index in [2.05, 4.69) is 17.0 Å². The number of sulfonamides is 1. The topological polar surface area (TPSA) is 75.3 Å². The van der Waals surface area contributed by atoms with Crippen LogP contribution >= 0.6 is 34.5 Å². The molecule has 5 nitrogen and oxygen atoms in total. The highest BCUT2D eigenvalue weighted by atomic mass is 35.5. The number of rotatable bonds is 6. The number of anilines is 1. The molecule has 2 aliphatic rings. The van der Waals surface area contributed by atoms with Gasteiger partial charge >= 0.3 is 0 Å². The average molecular weight is 473 g/mol. The standard InChI is InChI=1S/C20H22Cl2N2O3S2/c1-11(16-9-12-2-3-14(16)8-12)23-20(25)13-4-6-15(7-5-13)24-29(26,27)17-10-18(21)28-19(17)22/h4-7,10-12,14,16,24H,2-3,8-9H2,1H3,(H,23,25)/t11-,12+,14+,16+/m1/s1. The van der Waals surface area contributed by atoms with Crippen LogP contribution in [0.2, 0.25) is 8.67 Å². The summed E-state index contributed by atoms with van der Waals surface area (Å²) in [7, 11) is -3.85. The second-order valence-corrected chi connectivity index (χ2v) is 11.9. The molecule has 1 aromatic heterocycles. The van der Waals surface area contributed by atoms with Gasteiger partial charge in [-0.2, -0.15) is 0 Å². The lowest BCUT2D eigenvalue weighted by Crippen LogP contribution is -2.40. The van der Waals surface area contributed by atoms with Gasteiger partial charge in [-0.1, -0.05) is 29.6 Å². The Labute approximate surface area is 184 Å². The van der Waals surface area contributed by atoms with Crippen LogP contribution < -0.4 is 10.0 Å². The van der Waals surface area contributed by atoms with Gasteiger partial charge in [-0.15, -0.1) is 11.3 Å². The molecule has 0 saturated heterocycles. The monoisotopic (exact) mass is 472 g/mol. The smallest absolute Gasteiger partial charge is 0.264 e. The summed E-state index contributed by atoms with van der Waals surface area (Å²) in [6.07, 6.45) is 5.13. The van der Waals surface area contributed by atoms with Crippen molar-refractivity contribution in [3.05, 3.63) is 44.6 Å². The summed E-state index contributed by atoms with van der Waals surface area (Å²) >= 11 is 12.8. The maximum absolute atomic E-state index is 12.6. The molecule has 4 rings (SSSR count). The number of fused-ring (bicyclic) bond motifs is 2. The lowest BCUT2D eigenvalue weighted by atomic mass is 9.84. The van der Waals surface area contributed by atoms with Crippen molar-refractivity contribution in [1.82, 2.24) is 5.32 Å². The Morgan fingerprint density at radius 2 is 1.90 bits per heavy atom. The molecule has 4 atom stereocenters. The zero-order valence-electron chi connectivity index (χ0n) is 15.8. The van der Waals surface area contributed by atoms with E-state index in [9.17, 15) is 13.2 Å². The number of hydrogen-bond acceptors (Lipinski definition) is 4. The Bertz CT molecular complexity index is 1020. The molecule has 29 heavy (non-hydrogen) atoms. The lowest BCUT2D eigenvalue weighted by Gasteiger charge is -2.28. The highest BCUT2D eigenvalue weighted by Crippen LogP contribution is 2.49. The van der Waals surface area contributed by atoms with E-state index in [0.717, 1.165) is 23.2 Å². The van der Waals surface area contributed by atoms with Crippen LogP contribution in [0.5, 0.6) is 0 Å². The van der Waals surface area contributed by atoms with Crippen molar-refractivity contribution >= 4 is 56.2 Å². The Kier molecular flexibility index (Phi) is 5.86. The second kappa shape index (κ2) is 8.10. The molecule has 2 saturated carbocycles. The fourth-order valence-electron chi connectivity index (χ4n) is 4.71. The van der Waals surface area contributed by atoms with Gasteiger partial charge in [-0.3, -0.25) is 9.52 Å². The van der Waals surface area contributed by atoms with Gasteiger partial charge in [-0.05, 0) is 74.3 Å². The SMILES string of the molecule is C[C@@H](NC(=O)c1ccc(NS(=O)(=O)c2cc(Cl)sc2Cl)cc1)[C@@H]1C[C@H]2CC[C@H]1C2. The van der Waals surface area contributed by atoms with E-state index in [4.69, 9.17) is 23.2 Å². The summed E-state index contributed by atoms with van der Waals surface area (Å²) in [5, 5.41) is 3.12. The summed E-state index contributed by atoms with van der Waals surface area (Å²) in [4.78, 5) is 12.5. The van der Waals surface area contributed by atoms with Crippen molar-refractivity contribution in [2.75, 3.05) is 4.72 Å². The van der Waals surface area contributed by atoms with E-state index in [0.29, 0.717) is 21.5 Å². The predicted octanol–water partition coefficient (Wildman–Crippen LogP) is 5.41. The molecular formula is C20H22Cl2N2O3S2. The van der Waals surface area contributed by atoms with Crippen molar-refractivity contribution < 1.29 is 13.2 Å². The number of thiophene rings is 1. The van der Waals surface area contributed by atoms with Gasteiger partial charge in [0.2, 0.25) is 0 Å². The van der Waals surface area contributed by atoms with Gasteiger partial charge in [0.15, 0.2) is 0 Å². The minimum absolute atomic E-state index is 0.0596. The van der Waals surface area contributed by atoms with Crippen LogP contribution in [0.15, 0.2) is 35.2 Å². The van der Waals surface area contributed by atoms with Crippen molar-refractivity contribution in [3.8, 4) is 0 Å². The van der Waals surface area contributed by atoms with Crippen LogP contribution in [0, 0.1) is 17.8 Å². The third-order valence-corrected chi connectivity index (χ3v) is 9.24. The number of carbonyl (C=O) groups is 1. The molecule has 0 radical (unpaired) electrons. The van der Waals surface area contributed by atoms with Crippen LogP contribution in [0.4, 0.5) is 5.69 Å². The van der Waals surface area contributed by atoms with Crippen LogP contribution in [0.25, 0.3) is 0 Å². The summed E-state index contributed by atoms with van der Waals surface area (Å²) < 4.78 is 27.8. The molecule has 9 heteroatoms. The molecular weight excluding hydrogens is 451 g/mol. The van der Waals surface area contributed by atoms with Gasteiger partial charge < -0.3 is 5.32 Å². The second-order valence-electron chi connectivity index (χ2n) is 7.97. The highest BCUT2D eigenvalue weighted by molar-refractivity contribution is 7.93. The molecule has 1 heterocycles. The summed E-state index contributed by atoms with van der Waals surface area (Å²) in [6, 6.07) is 7.82. The molecule has 1 amide bonds. The minimum atomic E-state index is -3.85. The van der Waals surface area contributed by atoms with Crippen molar-refractivity contribution in [2.45, 2.75) is 43.5 Å². The summed E-state index contributed by atoms with van der Waals surface area (Å²) in [5.41, 5.74) is 0.848. The van der Waals surface area contributed by atoms with Crippen LogP contribution in [-0.2, 0) is 10.0 Å². The van der Waals surface area contributed by atoms with Crippen LogP contribution in [0.3, 0.4) is 0 Å². The van der Waals surface area contributed by atoms with Gasteiger partial charge in [0.1, 0.15) is 9.23 Å². The first-order chi connectivity index (χ1) is 13.7. The summed E-state index contributed by atoms with van der Waals surface area (Å²) in [5.74, 6) is 2.00. The molecule has 2 N–H and O–H groups in total. The Balaban J connectivity index is 1.39. The predicted molar refractivity (Wildman–Crippen MR) is 117 cm³/mol. The minimum Gasteiger partial charge on any atom is -0.349 e. The first kappa shape index (κ1) is 21.0. The van der Waals surface area contributed by atoms with E-state index < -0.39 is 10.0 Å². The first-order valence-corrected chi connectivity index (χ1v) is 12.7. The summed E-state index contributed by atoms with van der Waals surface area (Å²) in [6.45, 7) is 2.08. The zero-order valence-corrected chi connectivity index (χ0v) is 19.0. The maximum atomic E-state index is 12.6. The molecule has 156 valence electrons. The quantitative estimate of drug-likeness (QED) is 0.589. The molecule has 1 aromatic carbocycles. The molecule has 2 aliphatic carbocycles. The van der Waals surface area contributed by atoms with Gasteiger partial charge in [0.05, 0.1) is 4.34 Å². The molecule has 0 unspecified atom stereocenters. The van der Waals surface area contributed by atoms with E-state index in [1.165, 1.54) is 31.7 Å². The average Bonchev–Trinajstić information content (AvgIpc) is 3.37. The van der Waals surface area contributed by atoms with E-state index in [1.54, 1.807) is 24.3 Å². The third-order valence-electron chi connectivity index (χ3n) is 6.11. The van der Waals surface area contributed by atoms with Gasteiger partial charge in [0.25, 0.3) is 15.9 Å². The number of carbonyl (C=O) groups excluding carboxylic acids is 1. The highest BCUT2D eigenvalue weighted by Gasteiger charge is 2.42. The van der Waals surface area contributed by atoms with Gasteiger partial charge in [-0.25, -0.2) is 8.42 Å². The normalized spacial score (nSPS) is 24.4. The van der Waals surface area contributed by atoms with E-state index in [-0.39, 0.29) is 21.2 Å². The van der Waals surface area contributed by atoms with Gasteiger partial charge in [0, 0.05) is 17.3 Å². The van der Waals surface area contributed by atoms with E-state index >= 15 is 0 Å². The number of benzene rings is 1. The Morgan fingerprint density at radius 3 is 2.45 bits per heavy atom. The largest absolute Gasteiger partial charge is 0.349 e. The van der Waals surface area contributed by atoms with Crippen LogP contribution in [-0.4, -0.2) is 20.4 Å². The van der Waals surface area contributed by atoms with Crippen molar-refractivity contribution in [2.24, 2.45) is 17.8 Å². The third kappa shape index (κ3) is 4.43. The molecule has 2 bridgehead atoms. The fraction of sp³-hybridized carbons (Fsp3) is 0.450. The number of nitrogens with one attached hydrogen (secondary N) is 2. The molecule has 2 aromatic rings. The molecule has 0 aliphatic heterocycles. The van der Waals surface area contributed by atoms with E-state index in [1.807, 2.05) is 0 Å². The van der Waals surface area contributed by atoms with Crippen LogP contribution in [0.1, 0.15) is 43.0 Å². The maximum Gasteiger partial charge on any atom is 0.264 e. The lowest BCUT2D eigenvalue weighted by molar-refractivity contribution is 0.0915. The number of hydrogen-bond donors (Lipinski definition) is 2. The number of halogens is 2. The first-order valence-electron chi connectivity index (χ1n) is 9.61. The Hall–Kier alpha value is -1.28. The zero-order chi connectivity index (χ0) is 20.8. The fourth-order valence-corrected chi connectivity index (χ4v) is 7.92. The number of amides is 1. The van der Waals surface area contributed by atoms with Crippen molar-refractivity contribution in [3.63, 3.8) is 0 Å². The molecule has 0 spiro atoms. The molecule has 2 fully saturated rings. The Morgan fingerprint density at radius 1 is 1.17 bits per heavy atom.